The van der Waals surface area contributed by atoms with Crippen molar-refractivity contribution in [3.05, 3.63) is 60.2 Å². The minimum atomic E-state index is 0.610. The molecule has 3 rings (SSSR count). The highest BCUT2D eigenvalue weighted by molar-refractivity contribution is 5.97. The molecular formula is C18H21N3O. The van der Waals surface area contributed by atoms with Gasteiger partial charge in [0.15, 0.2) is 5.96 Å². The highest BCUT2D eigenvalue weighted by atomic mass is 16.5. The van der Waals surface area contributed by atoms with Crippen LogP contribution in [0.25, 0.3) is 0 Å². The summed E-state index contributed by atoms with van der Waals surface area (Å²) < 4.78 is 5.70. The van der Waals surface area contributed by atoms with Crippen molar-refractivity contribution in [2.75, 3.05) is 31.6 Å². The van der Waals surface area contributed by atoms with Crippen LogP contribution in [0.1, 0.15) is 5.56 Å². The average molecular weight is 295 g/mol. The molecule has 1 aliphatic rings. The maximum Gasteiger partial charge on any atom is 0.198 e. The number of guanidine groups is 1. The van der Waals surface area contributed by atoms with Gasteiger partial charge in [-0.3, -0.25) is 4.99 Å². The first-order valence-electron chi connectivity index (χ1n) is 7.62. The lowest BCUT2D eigenvalue weighted by Crippen LogP contribution is -2.42. The topological polar surface area (TPSA) is 36.9 Å². The SMILES string of the molecule is CN=C(NCCOc1ccccc1)N1CCc2ccccc21. The van der Waals surface area contributed by atoms with Crippen LogP contribution in [0.15, 0.2) is 59.6 Å². The van der Waals surface area contributed by atoms with Gasteiger partial charge in [-0.05, 0) is 30.2 Å². The zero-order valence-electron chi connectivity index (χ0n) is 12.8. The van der Waals surface area contributed by atoms with Gasteiger partial charge in [0.25, 0.3) is 0 Å². The van der Waals surface area contributed by atoms with Crippen LogP contribution in [0.5, 0.6) is 5.75 Å². The predicted octanol–water partition coefficient (Wildman–Crippen LogP) is 2.70. The lowest BCUT2D eigenvalue weighted by molar-refractivity contribution is 0.322. The molecule has 0 spiro atoms. The highest BCUT2D eigenvalue weighted by Gasteiger charge is 2.21. The number of anilines is 1. The Bertz CT molecular complexity index is 640. The zero-order chi connectivity index (χ0) is 15.2. The van der Waals surface area contributed by atoms with E-state index in [4.69, 9.17) is 4.74 Å². The summed E-state index contributed by atoms with van der Waals surface area (Å²) >= 11 is 0. The summed E-state index contributed by atoms with van der Waals surface area (Å²) in [5.41, 5.74) is 2.63. The average Bonchev–Trinajstić information content (AvgIpc) is 3.00. The van der Waals surface area contributed by atoms with Crippen molar-refractivity contribution >= 4 is 11.6 Å². The molecular weight excluding hydrogens is 274 g/mol. The highest BCUT2D eigenvalue weighted by Crippen LogP contribution is 2.27. The third-order valence-corrected chi connectivity index (χ3v) is 3.75. The molecule has 0 saturated heterocycles. The number of ether oxygens (including phenoxy) is 1. The van der Waals surface area contributed by atoms with Gasteiger partial charge < -0.3 is 15.0 Å². The molecule has 0 unspecified atom stereocenters. The van der Waals surface area contributed by atoms with E-state index in [0.717, 1.165) is 31.2 Å². The maximum absolute atomic E-state index is 5.70. The summed E-state index contributed by atoms with van der Waals surface area (Å²) in [5.74, 6) is 1.80. The minimum Gasteiger partial charge on any atom is -0.492 e. The van der Waals surface area contributed by atoms with Crippen LogP contribution in [-0.2, 0) is 6.42 Å². The van der Waals surface area contributed by atoms with E-state index in [1.165, 1.54) is 11.3 Å². The molecule has 0 fully saturated rings. The number of para-hydroxylation sites is 2. The number of hydrogen-bond donors (Lipinski definition) is 1. The fraction of sp³-hybridized carbons (Fsp3) is 0.278. The largest absolute Gasteiger partial charge is 0.492 e. The Morgan fingerprint density at radius 1 is 1.14 bits per heavy atom. The van der Waals surface area contributed by atoms with Gasteiger partial charge in [-0.25, -0.2) is 0 Å². The van der Waals surface area contributed by atoms with Crippen LogP contribution in [0.4, 0.5) is 5.69 Å². The molecule has 1 N–H and O–H groups in total. The lowest BCUT2D eigenvalue weighted by atomic mass is 10.2. The minimum absolute atomic E-state index is 0.610. The molecule has 0 atom stereocenters. The van der Waals surface area contributed by atoms with E-state index in [2.05, 4.69) is 39.5 Å². The van der Waals surface area contributed by atoms with Gasteiger partial charge in [0.2, 0.25) is 0 Å². The van der Waals surface area contributed by atoms with Gasteiger partial charge >= 0.3 is 0 Å². The van der Waals surface area contributed by atoms with Crippen LogP contribution in [0, 0.1) is 0 Å². The molecule has 0 bridgehead atoms. The first kappa shape index (κ1) is 14.4. The van der Waals surface area contributed by atoms with Crippen molar-refractivity contribution in [1.29, 1.82) is 0 Å². The second-order valence-electron chi connectivity index (χ2n) is 5.17. The van der Waals surface area contributed by atoms with Crippen LogP contribution >= 0.6 is 0 Å². The molecule has 0 radical (unpaired) electrons. The normalized spacial score (nSPS) is 13.9. The van der Waals surface area contributed by atoms with E-state index in [9.17, 15) is 0 Å². The zero-order valence-corrected chi connectivity index (χ0v) is 12.8. The molecule has 2 aromatic carbocycles. The van der Waals surface area contributed by atoms with Gasteiger partial charge in [-0.2, -0.15) is 0 Å². The Morgan fingerprint density at radius 2 is 1.91 bits per heavy atom. The van der Waals surface area contributed by atoms with Gasteiger partial charge in [-0.1, -0.05) is 36.4 Å². The lowest BCUT2D eigenvalue weighted by Gasteiger charge is -2.22. The van der Waals surface area contributed by atoms with Crippen molar-refractivity contribution in [2.24, 2.45) is 4.99 Å². The number of rotatable bonds is 4. The Kier molecular flexibility index (Phi) is 4.59. The van der Waals surface area contributed by atoms with Crippen LogP contribution < -0.4 is 15.0 Å². The summed E-state index contributed by atoms with van der Waals surface area (Å²) in [5, 5.41) is 3.37. The van der Waals surface area contributed by atoms with Crippen LogP contribution in [-0.4, -0.2) is 32.7 Å². The summed E-state index contributed by atoms with van der Waals surface area (Å²) in [6.07, 6.45) is 1.07. The molecule has 22 heavy (non-hydrogen) atoms. The van der Waals surface area contributed by atoms with E-state index in [1.54, 1.807) is 0 Å². The molecule has 0 aliphatic carbocycles. The molecule has 4 nitrogen and oxygen atoms in total. The fourth-order valence-electron chi connectivity index (χ4n) is 2.70. The first-order chi connectivity index (χ1) is 10.9. The Labute approximate surface area is 131 Å². The molecule has 2 aromatic rings. The summed E-state index contributed by atoms with van der Waals surface area (Å²) in [7, 11) is 1.82. The summed E-state index contributed by atoms with van der Waals surface area (Å²) in [6.45, 7) is 2.30. The third kappa shape index (κ3) is 3.22. The molecule has 114 valence electrons. The number of benzene rings is 2. The Hall–Kier alpha value is -2.49. The predicted molar refractivity (Wildman–Crippen MR) is 90.8 cm³/mol. The van der Waals surface area contributed by atoms with Crippen molar-refractivity contribution in [2.45, 2.75) is 6.42 Å². The molecule has 0 aromatic heterocycles. The van der Waals surface area contributed by atoms with E-state index >= 15 is 0 Å². The monoisotopic (exact) mass is 295 g/mol. The van der Waals surface area contributed by atoms with Crippen molar-refractivity contribution in [1.82, 2.24) is 5.32 Å². The number of nitrogens with zero attached hydrogens (tertiary/aromatic N) is 2. The van der Waals surface area contributed by atoms with E-state index in [-0.39, 0.29) is 0 Å². The van der Waals surface area contributed by atoms with E-state index < -0.39 is 0 Å². The van der Waals surface area contributed by atoms with Crippen molar-refractivity contribution in [3.8, 4) is 5.75 Å². The number of nitrogens with one attached hydrogen (secondary N) is 1. The molecule has 4 heteroatoms. The van der Waals surface area contributed by atoms with Crippen LogP contribution in [0.3, 0.4) is 0 Å². The summed E-state index contributed by atoms with van der Waals surface area (Å²) in [6, 6.07) is 18.4. The molecule has 0 saturated carbocycles. The second kappa shape index (κ2) is 6.98. The quantitative estimate of drug-likeness (QED) is 0.535. The number of fused-ring (bicyclic) bond motifs is 1. The molecule has 0 amide bonds. The van der Waals surface area contributed by atoms with E-state index in [0.29, 0.717) is 6.61 Å². The standard InChI is InChI=1S/C18H21N3O/c1-19-18(20-12-14-22-16-8-3-2-4-9-16)21-13-11-15-7-5-6-10-17(15)21/h2-10H,11-14H2,1H3,(H,19,20). The molecule has 1 heterocycles. The Balaban J connectivity index is 1.53. The Morgan fingerprint density at radius 3 is 2.73 bits per heavy atom. The van der Waals surface area contributed by atoms with Gasteiger partial charge in [-0.15, -0.1) is 0 Å². The fourth-order valence-corrected chi connectivity index (χ4v) is 2.70. The maximum atomic E-state index is 5.70. The molecule has 1 aliphatic heterocycles. The second-order valence-corrected chi connectivity index (χ2v) is 5.17. The van der Waals surface area contributed by atoms with Gasteiger partial charge in [0, 0.05) is 19.3 Å². The van der Waals surface area contributed by atoms with Crippen molar-refractivity contribution < 1.29 is 4.74 Å². The first-order valence-corrected chi connectivity index (χ1v) is 7.62. The summed E-state index contributed by atoms with van der Waals surface area (Å²) in [4.78, 5) is 6.62. The van der Waals surface area contributed by atoms with Crippen molar-refractivity contribution in [3.63, 3.8) is 0 Å². The number of aliphatic imine (C=N–C) groups is 1. The number of hydrogen-bond acceptors (Lipinski definition) is 2. The van der Waals surface area contributed by atoms with Crippen LogP contribution in [0.2, 0.25) is 0 Å². The van der Waals surface area contributed by atoms with Gasteiger partial charge in [0.05, 0.1) is 6.54 Å². The smallest absolute Gasteiger partial charge is 0.198 e. The van der Waals surface area contributed by atoms with Gasteiger partial charge in [0.1, 0.15) is 12.4 Å². The third-order valence-electron chi connectivity index (χ3n) is 3.75. The van der Waals surface area contributed by atoms with E-state index in [1.807, 2.05) is 37.4 Å².